The molecular weight excluding hydrogens is 481 g/mol. The number of hydrogen-bond donors (Lipinski definition) is 2. The van der Waals surface area contributed by atoms with Crippen molar-refractivity contribution >= 4 is 34.0 Å². The number of rotatable bonds is 9. The Morgan fingerprint density at radius 3 is 2.45 bits per heavy atom. The maximum Gasteiger partial charge on any atom is 0.252 e. The molecular formula is C30H32FN5O2. The van der Waals surface area contributed by atoms with Crippen LogP contribution in [0.1, 0.15) is 16.8 Å². The van der Waals surface area contributed by atoms with Gasteiger partial charge in [-0.15, -0.1) is 0 Å². The van der Waals surface area contributed by atoms with Crippen LogP contribution in [0.2, 0.25) is 0 Å². The Labute approximate surface area is 222 Å². The Kier molecular flexibility index (Phi) is 7.99. The van der Waals surface area contributed by atoms with Crippen molar-refractivity contribution in [2.45, 2.75) is 6.42 Å². The van der Waals surface area contributed by atoms with Crippen molar-refractivity contribution in [3.8, 4) is 5.75 Å². The number of hydrogen-bond acceptors (Lipinski definition) is 6. The summed E-state index contributed by atoms with van der Waals surface area (Å²) in [4.78, 5) is 22.6. The summed E-state index contributed by atoms with van der Waals surface area (Å²) in [6.45, 7) is 5.21. The predicted octanol–water partition coefficient (Wildman–Crippen LogP) is 5.07. The van der Waals surface area contributed by atoms with E-state index < -0.39 is 0 Å². The number of methoxy groups -OCH3 is 1. The lowest BCUT2D eigenvalue weighted by Gasteiger charge is -2.36. The number of amides is 1. The minimum absolute atomic E-state index is 0.109. The fourth-order valence-corrected chi connectivity index (χ4v) is 4.73. The molecule has 0 unspecified atom stereocenters. The van der Waals surface area contributed by atoms with Crippen LogP contribution in [-0.2, 0) is 0 Å². The van der Waals surface area contributed by atoms with E-state index in [-0.39, 0.29) is 11.7 Å². The molecule has 38 heavy (non-hydrogen) atoms. The smallest absolute Gasteiger partial charge is 0.252 e. The van der Waals surface area contributed by atoms with E-state index in [0.29, 0.717) is 17.9 Å². The molecule has 0 saturated carbocycles. The van der Waals surface area contributed by atoms with Gasteiger partial charge in [-0.1, -0.05) is 18.2 Å². The van der Waals surface area contributed by atoms with Crippen LogP contribution in [0.5, 0.6) is 5.75 Å². The lowest BCUT2D eigenvalue weighted by Crippen LogP contribution is -2.47. The van der Waals surface area contributed by atoms with Gasteiger partial charge in [0.2, 0.25) is 0 Å². The zero-order valence-electron chi connectivity index (χ0n) is 21.5. The Morgan fingerprint density at radius 1 is 0.974 bits per heavy atom. The van der Waals surface area contributed by atoms with Gasteiger partial charge in [-0.2, -0.15) is 0 Å². The number of aromatic nitrogens is 1. The molecule has 1 fully saturated rings. The number of nitrogens with one attached hydrogen (secondary N) is 2. The maximum absolute atomic E-state index is 13.2. The fourth-order valence-electron chi connectivity index (χ4n) is 4.73. The van der Waals surface area contributed by atoms with E-state index in [1.54, 1.807) is 13.2 Å². The summed E-state index contributed by atoms with van der Waals surface area (Å²) in [7, 11) is 1.63. The molecule has 8 heteroatoms. The minimum atomic E-state index is -0.209. The Hall–Kier alpha value is -4.17. The highest BCUT2D eigenvalue weighted by atomic mass is 19.1. The van der Waals surface area contributed by atoms with Crippen molar-refractivity contribution in [1.29, 1.82) is 0 Å². The first-order valence-corrected chi connectivity index (χ1v) is 12.9. The lowest BCUT2D eigenvalue weighted by molar-refractivity contribution is 0.0953. The number of fused-ring (bicyclic) bond motifs is 1. The summed E-state index contributed by atoms with van der Waals surface area (Å²) in [5.74, 6) is 1.07. The highest BCUT2D eigenvalue weighted by Gasteiger charge is 2.17. The summed E-state index contributed by atoms with van der Waals surface area (Å²) in [6.07, 6.45) is 0.863. The molecule has 0 atom stereocenters. The lowest BCUT2D eigenvalue weighted by atomic mass is 10.1. The van der Waals surface area contributed by atoms with Crippen LogP contribution in [0.3, 0.4) is 0 Å². The number of benzene rings is 3. The number of para-hydroxylation sites is 1. The molecule has 0 aliphatic carbocycles. The van der Waals surface area contributed by atoms with Crippen LogP contribution in [0.25, 0.3) is 10.9 Å². The van der Waals surface area contributed by atoms with Gasteiger partial charge >= 0.3 is 0 Å². The zero-order chi connectivity index (χ0) is 26.3. The summed E-state index contributed by atoms with van der Waals surface area (Å²) in [5.41, 5.74) is 3.28. The molecule has 1 amide bonds. The largest absolute Gasteiger partial charge is 0.497 e. The highest BCUT2D eigenvalue weighted by molar-refractivity contribution is 6.07. The average molecular weight is 514 g/mol. The number of carbonyl (C=O) groups excluding carboxylic acids is 1. The predicted molar refractivity (Wildman–Crippen MR) is 150 cm³/mol. The third-order valence-electron chi connectivity index (χ3n) is 6.82. The van der Waals surface area contributed by atoms with Gasteiger partial charge in [0.1, 0.15) is 17.4 Å². The quantitative estimate of drug-likeness (QED) is 0.305. The van der Waals surface area contributed by atoms with Crippen LogP contribution in [0.4, 0.5) is 21.6 Å². The van der Waals surface area contributed by atoms with Gasteiger partial charge in [-0.25, -0.2) is 9.37 Å². The van der Waals surface area contributed by atoms with Gasteiger partial charge in [0.25, 0.3) is 5.91 Å². The van der Waals surface area contributed by atoms with Gasteiger partial charge in [-0.3, -0.25) is 9.69 Å². The third-order valence-corrected chi connectivity index (χ3v) is 6.82. The number of carbonyl (C=O) groups is 1. The van der Waals surface area contributed by atoms with E-state index in [1.807, 2.05) is 60.7 Å². The van der Waals surface area contributed by atoms with E-state index in [9.17, 15) is 9.18 Å². The zero-order valence-corrected chi connectivity index (χ0v) is 21.5. The Bertz CT molecular complexity index is 1370. The first-order chi connectivity index (χ1) is 18.6. The van der Waals surface area contributed by atoms with Crippen molar-refractivity contribution in [2.24, 2.45) is 0 Å². The van der Waals surface area contributed by atoms with Crippen LogP contribution >= 0.6 is 0 Å². The molecule has 3 aromatic carbocycles. The summed E-state index contributed by atoms with van der Waals surface area (Å²) >= 11 is 0. The molecule has 1 saturated heterocycles. The molecule has 7 nitrogen and oxygen atoms in total. The van der Waals surface area contributed by atoms with Crippen molar-refractivity contribution in [3.05, 3.63) is 90.2 Å². The number of nitrogens with zero attached hydrogens (tertiary/aromatic N) is 3. The second-order valence-electron chi connectivity index (χ2n) is 9.34. The number of halogens is 1. The number of piperazine rings is 1. The highest BCUT2D eigenvalue weighted by Crippen LogP contribution is 2.24. The van der Waals surface area contributed by atoms with Crippen LogP contribution < -0.4 is 20.3 Å². The Balaban J connectivity index is 1.15. The monoisotopic (exact) mass is 513 g/mol. The van der Waals surface area contributed by atoms with Gasteiger partial charge in [0, 0.05) is 49.5 Å². The van der Waals surface area contributed by atoms with E-state index in [4.69, 9.17) is 9.72 Å². The first kappa shape index (κ1) is 25.5. The van der Waals surface area contributed by atoms with Crippen molar-refractivity contribution in [2.75, 3.05) is 56.6 Å². The standard InChI is InChI=1S/C30H32FN5O2/c1-38-25-13-9-23(10-14-25)33-29-21-27(26-5-2-3-6-28(26)34-29)30(37)32-15-4-16-35-17-19-36(20-18-35)24-11-7-22(31)8-12-24/h2-3,5-14,21H,4,15-20H2,1H3,(H,32,37)(H,33,34). The molecule has 4 aromatic rings. The number of ether oxygens (including phenoxy) is 1. The third kappa shape index (κ3) is 6.20. The summed E-state index contributed by atoms with van der Waals surface area (Å²) < 4.78 is 18.4. The number of pyridine rings is 1. The van der Waals surface area contributed by atoms with E-state index in [1.165, 1.54) is 12.1 Å². The van der Waals surface area contributed by atoms with Crippen molar-refractivity contribution < 1.29 is 13.9 Å². The topological polar surface area (TPSA) is 69.7 Å². The summed E-state index contributed by atoms with van der Waals surface area (Å²) in [6, 6.07) is 23.7. The normalized spacial score (nSPS) is 13.9. The first-order valence-electron chi connectivity index (χ1n) is 12.9. The molecule has 2 N–H and O–H groups in total. The van der Waals surface area contributed by atoms with E-state index in [2.05, 4.69) is 20.4 Å². The second-order valence-corrected chi connectivity index (χ2v) is 9.34. The second kappa shape index (κ2) is 11.9. The number of anilines is 3. The molecule has 0 radical (unpaired) electrons. The summed E-state index contributed by atoms with van der Waals surface area (Å²) in [5, 5.41) is 7.21. The van der Waals surface area contributed by atoms with Gasteiger partial charge in [0.15, 0.2) is 0 Å². The molecule has 5 rings (SSSR count). The fraction of sp³-hybridized carbons (Fsp3) is 0.267. The van der Waals surface area contributed by atoms with Gasteiger partial charge in [0.05, 0.1) is 18.2 Å². The Morgan fingerprint density at radius 2 is 1.71 bits per heavy atom. The van der Waals surface area contributed by atoms with E-state index >= 15 is 0 Å². The average Bonchev–Trinajstić information content (AvgIpc) is 2.96. The minimum Gasteiger partial charge on any atom is -0.497 e. The molecule has 0 spiro atoms. The van der Waals surface area contributed by atoms with Crippen LogP contribution in [0.15, 0.2) is 78.9 Å². The maximum atomic E-state index is 13.2. The van der Waals surface area contributed by atoms with Crippen LogP contribution in [-0.4, -0.2) is 62.2 Å². The van der Waals surface area contributed by atoms with Gasteiger partial charge in [-0.05, 0) is 73.6 Å². The molecule has 1 aliphatic rings. The SMILES string of the molecule is COc1ccc(Nc2cc(C(=O)NCCCN3CCN(c4ccc(F)cc4)CC3)c3ccccc3n2)cc1. The van der Waals surface area contributed by atoms with Crippen LogP contribution in [0, 0.1) is 5.82 Å². The molecule has 196 valence electrons. The molecule has 2 heterocycles. The van der Waals surface area contributed by atoms with Gasteiger partial charge < -0.3 is 20.3 Å². The molecule has 1 aromatic heterocycles. The molecule has 1 aliphatic heterocycles. The van der Waals surface area contributed by atoms with Crippen molar-refractivity contribution in [3.63, 3.8) is 0 Å². The van der Waals surface area contributed by atoms with E-state index in [0.717, 1.165) is 67.2 Å². The molecule has 0 bridgehead atoms. The van der Waals surface area contributed by atoms with Crippen molar-refractivity contribution in [1.82, 2.24) is 15.2 Å².